The predicted molar refractivity (Wildman–Crippen MR) is 226 cm³/mol. The summed E-state index contributed by atoms with van der Waals surface area (Å²) in [5.74, 6) is -4.07. The first kappa shape index (κ1) is 50.6. The SMILES string of the molecule is C=C1C[C@](OC)([C@H](O)C(=O)N[C@H]2OCO[C@H]3[C@@H]2O[C@H](C[C@H](O)CCC[C@H]2OC(C)(C)O[C@@H]2C/C=C/C=C/CN[C@@H](CCCN=C(N)N)C(=O)O)C(C)(C)[C@@H]3OC)O[C@H](C)[C@@H]1C. The van der Waals surface area contributed by atoms with E-state index in [-0.39, 0.29) is 49.8 Å². The first-order valence-electron chi connectivity index (χ1n) is 21.4. The number of guanidine groups is 1. The molecule has 348 valence electrons. The molecule has 13 atom stereocenters. The van der Waals surface area contributed by atoms with Gasteiger partial charge < -0.3 is 75.3 Å². The van der Waals surface area contributed by atoms with Crippen LogP contribution in [0.2, 0.25) is 0 Å². The standard InChI is InChI=1S/C43H73N5O13/c1-25-23-43(55-9,59-27(3)26(25)2)35(50)37(51)48-38-34-33(56-24-57-38)36(54-8)41(4,5)32(58-34)22-28(49)16-14-19-31-30(60-42(6,7)61-31)18-12-10-11-13-20-46-29(39(52)53)17-15-21-47-40(44)45/h10-13,26-36,38,46,49-50H,1,14-24H2,2-9H3,(H,48,51)(H,52,53)(H4,44,45,47)/b12-10+,13-11+/t26-,27-,28-,29+,30-,31-,32-,33+,34+,35-,36-,38+,43-/m1/s1. The van der Waals surface area contributed by atoms with Gasteiger partial charge in [-0.2, -0.15) is 0 Å². The van der Waals surface area contributed by atoms with Crippen molar-refractivity contribution in [2.75, 3.05) is 34.1 Å². The number of rotatable bonds is 22. The molecular weight excluding hydrogens is 794 g/mol. The van der Waals surface area contributed by atoms with Gasteiger partial charge in [0.1, 0.15) is 25.0 Å². The molecule has 0 saturated carbocycles. The third-order valence-corrected chi connectivity index (χ3v) is 12.3. The van der Waals surface area contributed by atoms with E-state index >= 15 is 0 Å². The normalized spacial score (nSPS) is 33.9. The van der Waals surface area contributed by atoms with Crippen molar-refractivity contribution in [3.63, 3.8) is 0 Å². The van der Waals surface area contributed by atoms with Gasteiger partial charge in [0.2, 0.25) is 5.79 Å². The van der Waals surface area contributed by atoms with Gasteiger partial charge in [-0.15, -0.1) is 0 Å². The monoisotopic (exact) mass is 868 g/mol. The van der Waals surface area contributed by atoms with E-state index in [0.717, 1.165) is 5.57 Å². The van der Waals surface area contributed by atoms with Crippen molar-refractivity contribution >= 4 is 17.8 Å². The molecule has 0 bridgehead atoms. The second-order valence-electron chi connectivity index (χ2n) is 17.6. The Labute approximate surface area is 360 Å². The molecule has 4 saturated heterocycles. The van der Waals surface area contributed by atoms with E-state index in [9.17, 15) is 24.9 Å². The number of aliphatic hydroxyl groups is 2. The summed E-state index contributed by atoms with van der Waals surface area (Å²) in [5, 5.41) is 38.0. The number of carboxylic acid groups (broad SMARTS) is 1. The molecule has 0 aromatic rings. The quantitative estimate of drug-likeness (QED) is 0.0271. The highest BCUT2D eigenvalue weighted by molar-refractivity contribution is 5.82. The highest BCUT2D eigenvalue weighted by Gasteiger charge is 2.57. The first-order chi connectivity index (χ1) is 28.7. The average Bonchev–Trinajstić information content (AvgIpc) is 3.49. The number of carboxylic acids is 1. The zero-order valence-corrected chi connectivity index (χ0v) is 37.2. The number of aliphatic hydroxyl groups excluding tert-OH is 2. The summed E-state index contributed by atoms with van der Waals surface area (Å²) in [4.78, 5) is 29.1. The number of nitrogens with two attached hydrogens (primary N) is 2. The number of ether oxygens (including phenoxy) is 8. The van der Waals surface area contributed by atoms with Crippen molar-refractivity contribution in [3.8, 4) is 0 Å². The molecule has 0 spiro atoms. The van der Waals surface area contributed by atoms with Gasteiger partial charge in [0, 0.05) is 51.5 Å². The topological polar surface area (TPSA) is 257 Å². The smallest absolute Gasteiger partial charge is 0.320 e. The summed E-state index contributed by atoms with van der Waals surface area (Å²) in [6.45, 7) is 16.3. The second kappa shape index (κ2) is 22.6. The number of hydrogen-bond acceptors (Lipinski definition) is 14. The Hall–Kier alpha value is -3.01. The Morgan fingerprint density at radius 1 is 1.00 bits per heavy atom. The van der Waals surface area contributed by atoms with Crippen molar-refractivity contribution < 1.29 is 62.8 Å². The van der Waals surface area contributed by atoms with Crippen LogP contribution in [0.15, 0.2) is 41.4 Å². The third kappa shape index (κ3) is 13.5. The lowest BCUT2D eigenvalue weighted by molar-refractivity contribution is -0.332. The molecule has 4 rings (SSSR count). The van der Waals surface area contributed by atoms with Crippen molar-refractivity contribution in [3.05, 3.63) is 36.5 Å². The summed E-state index contributed by atoms with van der Waals surface area (Å²) < 4.78 is 48.7. The maximum absolute atomic E-state index is 13.6. The lowest BCUT2D eigenvalue weighted by Crippen LogP contribution is -2.69. The van der Waals surface area contributed by atoms with Gasteiger partial charge in [-0.25, -0.2) is 0 Å². The molecule has 1 amide bonds. The van der Waals surface area contributed by atoms with Crippen LogP contribution in [0.1, 0.15) is 92.9 Å². The number of allylic oxidation sites excluding steroid dienone is 2. The van der Waals surface area contributed by atoms with Gasteiger partial charge in [0.05, 0.1) is 36.6 Å². The lowest BCUT2D eigenvalue weighted by atomic mass is 9.72. The van der Waals surface area contributed by atoms with E-state index in [0.29, 0.717) is 51.6 Å². The van der Waals surface area contributed by atoms with Crippen LogP contribution in [-0.4, -0.2) is 146 Å². The molecule has 0 aromatic heterocycles. The molecular formula is C43H73N5O13. The second-order valence-corrected chi connectivity index (χ2v) is 17.6. The number of nitrogens with zero attached hydrogens (tertiary/aromatic N) is 1. The molecule has 4 aliphatic heterocycles. The molecule has 18 heteroatoms. The van der Waals surface area contributed by atoms with Crippen LogP contribution < -0.4 is 22.1 Å². The van der Waals surface area contributed by atoms with Crippen molar-refractivity contribution in [2.45, 2.75) is 172 Å². The molecule has 4 aliphatic rings. The molecule has 4 heterocycles. The van der Waals surface area contributed by atoms with Gasteiger partial charge in [-0.05, 0) is 59.3 Å². The summed E-state index contributed by atoms with van der Waals surface area (Å²) in [5.41, 5.74) is 10.9. The van der Waals surface area contributed by atoms with Crippen LogP contribution in [0, 0.1) is 11.3 Å². The van der Waals surface area contributed by atoms with E-state index in [1.54, 1.807) is 7.11 Å². The van der Waals surface area contributed by atoms with Gasteiger partial charge >= 0.3 is 5.97 Å². The summed E-state index contributed by atoms with van der Waals surface area (Å²) in [6, 6.07) is -0.708. The molecule has 0 aromatic carbocycles. The first-order valence-corrected chi connectivity index (χ1v) is 21.4. The van der Waals surface area contributed by atoms with Crippen LogP contribution >= 0.6 is 0 Å². The summed E-state index contributed by atoms with van der Waals surface area (Å²) in [6.07, 6.45) is 4.78. The van der Waals surface area contributed by atoms with Crippen molar-refractivity contribution in [1.82, 2.24) is 10.6 Å². The minimum absolute atomic E-state index is 0.0154. The predicted octanol–water partition coefficient (Wildman–Crippen LogP) is 2.36. The molecule has 0 aliphatic carbocycles. The summed E-state index contributed by atoms with van der Waals surface area (Å²) >= 11 is 0. The number of nitrogens with one attached hydrogen (secondary N) is 2. The highest BCUT2D eigenvalue weighted by atomic mass is 16.8. The maximum Gasteiger partial charge on any atom is 0.320 e. The largest absolute Gasteiger partial charge is 0.480 e. The third-order valence-electron chi connectivity index (χ3n) is 12.3. The molecule has 9 N–H and O–H groups in total. The zero-order chi connectivity index (χ0) is 45.1. The van der Waals surface area contributed by atoms with Crippen LogP contribution in [0.4, 0.5) is 0 Å². The highest BCUT2D eigenvalue weighted by Crippen LogP contribution is 2.44. The number of amides is 1. The van der Waals surface area contributed by atoms with E-state index in [4.69, 9.17) is 49.4 Å². The number of aliphatic carboxylic acids is 1. The van der Waals surface area contributed by atoms with E-state index in [1.807, 2.05) is 65.8 Å². The van der Waals surface area contributed by atoms with Gasteiger partial charge in [0.25, 0.3) is 5.91 Å². The van der Waals surface area contributed by atoms with Gasteiger partial charge in [-0.1, -0.05) is 57.2 Å². The van der Waals surface area contributed by atoms with Crippen molar-refractivity contribution in [1.29, 1.82) is 0 Å². The number of fused-ring (bicyclic) bond motifs is 1. The Bertz CT molecular complexity index is 1540. The van der Waals surface area contributed by atoms with E-state index in [2.05, 4.69) is 22.2 Å². The number of hydrogen-bond donors (Lipinski definition) is 7. The molecule has 18 nitrogen and oxygen atoms in total. The van der Waals surface area contributed by atoms with E-state index < -0.39 is 77.8 Å². The Morgan fingerprint density at radius 2 is 1.70 bits per heavy atom. The Kier molecular flexibility index (Phi) is 18.7. The number of carbonyl (C=O) groups is 2. The minimum atomic E-state index is -1.70. The van der Waals surface area contributed by atoms with Gasteiger partial charge in [-0.3, -0.25) is 14.6 Å². The molecule has 61 heavy (non-hydrogen) atoms. The van der Waals surface area contributed by atoms with Gasteiger partial charge in [0.15, 0.2) is 24.1 Å². The van der Waals surface area contributed by atoms with Crippen LogP contribution in [0.25, 0.3) is 0 Å². The van der Waals surface area contributed by atoms with Crippen molar-refractivity contribution in [2.24, 2.45) is 27.8 Å². The Morgan fingerprint density at radius 3 is 2.36 bits per heavy atom. The summed E-state index contributed by atoms with van der Waals surface area (Å²) in [7, 11) is 2.98. The molecule has 0 unspecified atom stereocenters. The maximum atomic E-state index is 13.6. The molecule has 0 radical (unpaired) electrons. The van der Waals surface area contributed by atoms with Crippen LogP contribution in [0.3, 0.4) is 0 Å². The van der Waals surface area contributed by atoms with Crippen LogP contribution in [-0.2, 0) is 47.5 Å². The van der Waals surface area contributed by atoms with E-state index in [1.165, 1.54) is 7.11 Å². The fraction of sp³-hybridized carbons (Fsp3) is 0.791. The number of methoxy groups -OCH3 is 2. The number of carbonyl (C=O) groups excluding carboxylic acids is 1. The van der Waals surface area contributed by atoms with Crippen LogP contribution in [0.5, 0.6) is 0 Å². The fourth-order valence-electron chi connectivity index (χ4n) is 8.67. The Balaban J connectivity index is 1.29. The molecule has 4 fully saturated rings. The zero-order valence-electron chi connectivity index (χ0n) is 37.2. The fourth-order valence-corrected chi connectivity index (χ4v) is 8.67. The number of aliphatic imine (C=N–C) groups is 1. The average molecular weight is 868 g/mol. The lowest BCUT2D eigenvalue weighted by Gasteiger charge is -2.54. The minimum Gasteiger partial charge on any atom is -0.480 e.